The van der Waals surface area contributed by atoms with Crippen LogP contribution in [0.15, 0.2) is 48.5 Å². The second-order valence-corrected chi connectivity index (χ2v) is 5.22. The summed E-state index contributed by atoms with van der Waals surface area (Å²) < 4.78 is 29.3. The van der Waals surface area contributed by atoms with E-state index in [1.165, 1.54) is 12.1 Å². The van der Waals surface area contributed by atoms with Crippen molar-refractivity contribution in [1.29, 1.82) is 0 Å². The lowest BCUT2D eigenvalue weighted by molar-refractivity contribution is -0.0501. The average Bonchev–Trinajstić information content (AvgIpc) is 2.53. The van der Waals surface area contributed by atoms with Gasteiger partial charge >= 0.3 is 6.61 Å². The lowest BCUT2D eigenvalue weighted by Crippen LogP contribution is -2.28. The molecule has 122 valence electrons. The molecule has 1 N–H and O–H groups in total. The Morgan fingerprint density at radius 2 is 1.78 bits per heavy atom. The zero-order valence-electron chi connectivity index (χ0n) is 13.1. The number of nitrogens with one attached hydrogen (secondary N) is 1. The van der Waals surface area contributed by atoms with Gasteiger partial charge in [0, 0.05) is 0 Å². The van der Waals surface area contributed by atoms with Crippen LogP contribution in [0.2, 0.25) is 0 Å². The first-order chi connectivity index (χ1) is 11.0. The van der Waals surface area contributed by atoms with Crippen LogP contribution in [-0.2, 0) is 0 Å². The number of halogens is 2. The van der Waals surface area contributed by atoms with Gasteiger partial charge in [-0.2, -0.15) is 8.78 Å². The molecule has 0 radical (unpaired) electrons. The van der Waals surface area contributed by atoms with Crippen LogP contribution in [0, 0.1) is 6.92 Å². The molecule has 1 amide bonds. The fourth-order valence-corrected chi connectivity index (χ4v) is 2.31. The summed E-state index contributed by atoms with van der Waals surface area (Å²) in [5.74, 6) is -0.563. The predicted molar refractivity (Wildman–Crippen MR) is 84.8 cm³/mol. The molecule has 23 heavy (non-hydrogen) atoms. The van der Waals surface area contributed by atoms with E-state index in [1.54, 1.807) is 12.1 Å². The van der Waals surface area contributed by atoms with E-state index in [9.17, 15) is 13.6 Å². The quantitative estimate of drug-likeness (QED) is 0.852. The van der Waals surface area contributed by atoms with E-state index in [0.29, 0.717) is 6.42 Å². The fraction of sp³-hybridized carbons (Fsp3) is 0.278. The molecule has 0 aliphatic carbocycles. The Hall–Kier alpha value is -2.43. The summed E-state index contributed by atoms with van der Waals surface area (Å²) in [4.78, 5) is 12.4. The summed E-state index contributed by atoms with van der Waals surface area (Å²) in [6.45, 7) is 0.969. The highest BCUT2D eigenvalue weighted by molar-refractivity contribution is 5.97. The van der Waals surface area contributed by atoms with Crippen molar-refractivity contribution in [2.24, 2.45) is 0 Å². The van der Waals surface area contributed by atoms with Gasteiger partial charge in [-0.1, -0.05) is 48.9 Å². The number of aryl methyl sites for hydroxylation is 1. The maximum absolute atomic E-state index is 12.4. The van der Waals surface area contributed by atoms with Crippen molar-refractivity contribution in [2.45, 2.75) is 32.9 Å². The van der Waals surface area contributed by atoms with Crippen molar-refractivity contribution in [2.75, 3.05) is 0 Å². The lowest BCUT2D eigenvalue weighted by Gasteiger charge is -2.19. The zero-order chi connectivity index (χ0) is 16.8. The molecule has 0 aliphatic heterocycles. The Morgan fingerprint density at radius 3 is 2.39 bits per heavy atom. The highest BCUT2D eigenvalue weighted by Gasteiger charge is 2.18. The largest absolute Gasteiger partial charge is 0.434 e. The number of para-hydroxylation sites is 1. The summed E-state index contributed by atoms with van der Waals surface area (Å²) in [7, 11) is 0. The van der Waals surface area contributed by atoms with E-state index in [4.69, 9.17) is 0 Å². The predicted octanol–water partition coefficient (Wildman–Crippen LogP) is 4.48. The van der Waals surface area contributed by atoms with Gasteiger partial charge in [-0.25, -0.2) is 0 Å². The molecule has 3 nitrogen and oxygen atoms in total. The van der Waals surface area contributed by atoms with Gasteiger partial charge in [0.2, 0.25) is 0 Å². The number of rotatable bonds is 6. The Bertz CT molecular complexity index is 656. The lowest BCUT2D eigenvalue weighted by atomic mass is 10.0. The first kappa shape index (κ1) is 16.9. The van der Waals surface area contributed by atoms with Gasteiger partial charge in [-0.15, -0.1) is 0 Å². The summed E-state index contributed by atoms with van der Waals surface area (Å²) >= 11 is 0. The van der Waals surface area contributed by atoms with Gasteiger partial charge in [0.15, 0.2) is 0 Å². The Labute approximate surface area is 134 Å². The monoisotopic (exact) mass is 319 g/mol. The molecule has 0 heterocycles. The van der Waals surface area contributed by atoms with Gasteiger partial charge in [0.1, 0.15) is 5.75 Å². The molecule has 2 rings (SSSR count). The number of hydrogen-bond donors (Lipinski definition) is 1. The molecule has 0 fully saturated rings. The van der Waals surface area contributed by atoms with Crippen LogP contribution in [0.1, 0.15) is 40.9 Å². The highest BCUT2D eigenvalue weighted by atomic mass is 19.3. The molecule has 1 atom stereocenters. The minimum absolute atomic E-state index is 0.0957. The van der Waals surface area contributed by atoms with Crippen molar-refractivity contribution >= 4 is 5.91 Å². The third-order valence-corrected chi connectivity index (χ3v) is 3.54. The molecule has 0 aromatic heterocycles. The summed E-state index contributed by atoms with van der Waals surface area (Å²) in [6.07, 6.45) is 0.687. The first-order valence-electron chi connectivity index (χ1n) is 7.42. The number of hydrogen-bond acceptors (Lipinski definition) is 2. The third kappa shape index (κ3) is 4.52. The minimum Gasteiger partial charge on any atom is -0.434 e. The standard InChI is InChI=1S/C18H19F2NO2/c1-3-15(13-10-8-12(2)9-11-13)21-17(22)14-6-4-5-7-16(14)23-18(19)20/h4-11,15,18H,3H2,1-2H3,(H,21,22)/t15-/m1/s1. The number of carbonyl (C=O) groups excluding carboxylic acids is 1. The first-order valence-corrected chi connectivity index (χ1v) is 7.42. The van der Waals surface area contributed by atoms with Gasteiger partial charge in [-0.05, 0) is 31.0 Å². The number of alkyl halides is 2. The van der Waals surface area contributed by atoms with Crippen molar-refractivity contribution in [3.8, 4) is 5.75 Å². The van der Waals surface area contributed by atoms with E-state index in [0.717, 1.165) is 11.1 Å². The Kier molecular flexibility index (Phi) is 5.68. The van der Waals surface area contributed by atoms with Crippen LogP contribution in [0.5, 0.6) is 5.75 Å². The van der Waals surface area contributed by atoms with Gasteiger partial charge in [-0.3, -0.25) is 4.79 Å². The van der Waals surface area contributed by atoms with Crippen LogP contribution in [0.25, 0.3) is 0 Å². The van der Waals surface area contributed by atoms with Crippen molar-refractivity contribution in [3.63, 3.8) is 0 Å². The van der Waals surface area contributed by atoms with Crippen molar-refractivity contribution in [3.05, 3.63) is 65.2 Å². The molecule has 0 bridgehead atoms. The van der Waals surface area contributed by atoms with Gasteiger partial charge < -0.3 is 10.1 Å². The smallest absolute Gasteiger partial charge is 0.387 e. The highest BCUT2D eigenvalue weighted by Crippen LogP contribution is 2.23. The second-order valence-electron chi connectivity index (χ2n) is 5.22. The number of ether oxygens (including phenoxy) is 1. The van der Waals surface area contributed by atoms with E-state index in [-0.39, 0.29) is 17.4 Å². The molecular weight excluding hydrogens is 300 g/mol. The van der Waals surface area contributed by atoms with Crippen LogP contribution in [0.3, 0.4) is 0 Å². The minimum atomic E-state index is -2.97. The van der Waals surface area contributed by atoms with Crippen LogP contribution < -0.4 is 10.1 Å². The SMILES string of the molecule is CC[C@@H](NC(=O)c1ccccc1OC(F)F)c1ccc(C)cc1. The topological polar surface area (TPSA) is 38.3 Å². The Balaban J connectivity index is 2.18. The van der Waals surface area contributed by atoms with Crippen molar-refractivity contribution < 1.29 is 18.3 Å². The summed E-state index contributed by atoms with van der Waals surface area (Å²) in [5, 5.41) is 2.87. The summed E-state index contributed by atoms with van der Waals surface area (Å²) in [6, 6.07) is 13.6. The molecule has 0 aliphatic rings. The molecule has 0 saturated carbocycles. The fourth-order valence-electron chi connectivity index (χ4n) is 2.31. The molecule has 0 saturated heterocycles. The van der Waals surface area contributed by atoms with E-state index < -0.39 is 12.5 Å². The van der Waals surface area contributed by atoms with Crippen LogP contribution in [0.4, 0.5) is 8.78 Å². The van der Waals surface area contributed by atoms with Crippen molar-refractivity contribution in [1.82, 2.24) is 5.32 Å². The maximum Gasteiger partial charge on any atom is 0.387 e. The van der Waals surface area contributed by atoms with E-state index in [1.807, 2.05) is 38.1 Å². The molecule has 5 heteroatoms. The number of carbonyl (C=O) groups is 1. The van der Waals surface area contributed by atoms with E-state index in [2.05, 4.69) is 10.1 Å². The number of benzene rings is 2. The molecule has 0 unspecified atom stereocenters. The molecule has 2 aromatic rings. The second kappa shape index (κ2) is 7.72. The summed E-state index contributed by atoms with van der Waals surface area (Å²) in [5.41, 5.74) is 2.20. The maximum atomic E-state index is 12.4. The molecule has 2 aromatic carbocycles. The molecule has 0 spiro atoms. The van der Waals surface area contributed by atoms with Crippen LogP contribution >= 0.6 is 0 Å². The zero-order valence-corrected chi connectivity index (χ0v) is 13.1. The Morgan fingerprint density at radius 1 is 1.13 bits per heavy atom. The average molecular weight is 319 g/mol. The van der Waals surface area contributed by atoms with Gasteiger partial charge in [0.05, 0.1) is 11.6 Å². The number of amides is 1. The van der Waals surface area contributed by atoms with Crippen LogP contribution in [-0.4, -0.2) is 12.5 Å². The van der Waals surface area contributed by atoms with Gasteiger partial charge in [0.25, 0.3) is 5.91 Å². The van der Waals surface area contributed by atoms with E-state index >= 15 is 0 Å². The molecular formula is C18H19F2NO2. The normalized spacial score (nSPS) is 12.0. The third-order valence-electron chi connectivity index (χ3n) is 3.54.